The number of carbonyl (C=O) groups excluding carboxylic acids is 1. The van der Waals surface area contributed by atoms with Crippen LogP contribution in [0.3, 0.4) is 0 Å². The van der Waals surface area contributed by atoms with Gasteiger partial charge in [-0.1, -0.05) is 42.8 Å². The van der Waals surface area contributed by atoms with Crippen LogP contribution < -0.4 is 4.90 Å². The molecule has 0 aliphatic carbocycles. The van der Waals surface area contributed by atoms with Gasteiger partial charge in [0.15, 0.2) is 0 Å². The quantitative estimate of drug-likeness (QED) is 0.530. The number of benzene rings is 1. The van der Waals surface area contributed by atoms with Crippen molar-refractivity contribution in [2.45, 2.75) is 53.0 Å². The summed E-state index contributed by atoms with van der Waals surface area (Å²) in [7, 11) is 1.70. The maximum Gasteiger partial charge on any atom is 0.232 e. The normalized spacial score (nSPS) is 14.0. The summed E-state index contributed by atoms with van der Waals surface area (Å²) < 4.78 is 11.1. The zero-order valence-electron chi connectivity index (χ0n) is 18.8. The molecular weight excluding hydrogens is 378 g/mol. The van der Waals surface area contributed by atoms with Crippen molar-refractivity contribution in [1.82, 2.24) is 10.1 Å². The second-order valence-corrected chi connectivity index (χ2v) is 8.64. The average molecular weight is 414 g/mol. The van der Waals surface area contributed by atoms with E-state index in [4.69, 9.17) is 9.26 Å². The molecular formula is C24H35N3O3. The van der Waals surface area contributed by atoms with Crippen molar-refractivity contribution in [1.29, 1.82) is 0 Å². The lowest BCUT2D eigenvalue weighted by atomic mass is 10.0. The minimum absolute atomic E-state index is 0.171. The number of aromatic nitrogens is 1. The molecule has 1 aliphatic heterocycles. The van der Waals surface area contributed by atoms with E-state index in [0.717, 1.165) is 55.1 Å². The highest BCUT2D eigenvalue weighted by atomic mass is 16.5. The molecule has 2 heterocycles. The Bertz CT molecular complexity index is 825. The van der Waals surface area contributed by atoms with Gasteiger partial charge in [-0.25, -0.2) is 0 Å². The molecule has 0 radical (unpaired) electrons. The molecule has 0 spiro atoms. The fourth-order valence-corrected chi connectivity index (χ4v) is 3.99. The fraction of sp³-hybridized carbons (Fsp3) is 0.583. The molecule has 1 aliphatic rings. The molecule has 3 rings (SSSR count). The highest BCUT2D eigenvalue weighted by Crippen LogP contribution is 2.34. The number of hydrogen-bond acceptors (Lipinski definition) is 5. The standard InChI is InChI=1S/C24H35N3O3/c1-18(2)15-22(28)27(13-8-14-29-4)17-21-23(20-10-7-9-19(3)16-20)25-30-24(21)26-11-5-6-12-26/h7,9-10,16,18H,5-6,8,11-15,17H2,1-4H3. The van der Waals surface area contributed by atoms with E-state index in [1.807, 2.05) is 11.0 Å². The maximum atomic E-state index is 13.0. The molecule has 1 amide bonds. The van der Waals surface area contributed by atoms with Crippen molar-refractivity contribution >= 4 is 11.8 Å². The molecule has 0 bridgehead atoms. The number of carbonyl (C=O) groups is 1. The third-order valence-corrected chi connectivity index (χ3v) is 5.51. The predicted molar refractivity (Wildman–Crippen MR) is 119 cm³/mol. The Morgan fingerprint density at radius 3 is 2.73 bits per heavy atom. The van der Waals surface area contributed by atoms with Gasteiger partial charge in [0.05, 0.1) is 12.1 Å². The molecule has 0 atom stereocenters. The minimum Gasteiger partial charge on any atom is -0.385 e. The van der Waals surface area contributed by atoms with Crippen molar-refractivity contribution < 1.29 is 14.1 Å². The number of amides is 1. The number of hydrogen-bond donors (Lipinski definition) is 0. The van der Waals surface area contributed by atoms with Gasteiger partial charge in [0.25, 0.3) is 0 Å². The SMILES string of the molecule is COCCCN(Cc1c(-c2cccc(C)c2)noc1N1CCCC1)C(=O)CC(C)C. The lowest BCUT2D eigenvalue weighted by Crippen LogP contribution is -2.33. The van der Waals surface area contributed by atoms with Gasteiger partial charge in [0.1, 0.15) is 5.69 Å². The molecule has 164 valence electrons. The first-order valence-corrected chi connectivity index (χ1v) is 11.1. The van der Waals surface area contributed by atoms with Crippen LogP contribution in [-0.2, 0) is 16.1 Å². The molecule has 1 saturated heterocycles. The molecule has 2 aromatic rings. The van der Waals surface area contributed by atoms with Gasteiger partial charge in [-0.05, 0) is 38.2 Å². The van der Waals surface area contributed by atoms with Gasteiger partial charge < -0.3 is 19.1 Å². The summed E-state index contributed by atoms with van der Waals surface area (Å²) in [5, 5.41) is 4.46. The summed E-state index contributed by atoms with van der Waals surface area (Å²) in [6.07, 6.45) is 3.66. The zero-order chi connectivity index (χ0) is 21.5. The van der Waals surface area contributed by atoms with Gasteiger partial charge in [0.2, 0.25) is 11.8 Å². The van der Waals surface area contributed by atoms with E-state index in [9.17, 15) is 4.79 Å². The maximum absolute atomic E-state index is 13.0. The van der Waals surface area contributed by atoms with Crippen LogP contribution in [0.1, 0.15) is 50.7 Å². The van der Waals surface area contributed by atoms with E-state index >= 15 is 0 Å². The minimum atomic E-state index is 0.171. The number of aryl methyl sites for hydroxylation is 1. The number of nitrogens with zero attached hydrogens (tertiary/aromatic N) is 3. The number of ether oxygens (including phenoxy) is 1. The Labute approximate surface area is 180 Å². The third-order valence-electron chi connectivity index (χ3n) is 5.51. The molecule has 1 fully saturated rings. The Morgan fingerprint density at radius 2 is 2.07 bits per heavy atom. The average Bonchev–Trinajstić information content (AvgIpc) is 3.36. The lowest BCUT2D eigenvalue weighted by Gasteiger charge is -2.25. The highest BCUT2D eigenvalue weighted by molar-refractivity contribution is 5.77. The fourth-order valence-electron chi connectivity index (χ4n) is 3.99. The molecule has 1 aromatic carbocycles. The smallest absolute Gasteiger partial charge is 0.232 e. The van der Waals surface area contributed by atoms with Crippen molar-refractivity contribution in [3.05, 3.63) is 35.4 Å². The second-order valence-electron chi connectivity index (χ2n) is 8.64. The second kappa shape index (κ2) is 10.6. The number of methoxy groups -OCH3 is 1. The largest absolute Gasteiger partial charge is 0.385 e. The van der Waals surface area contributed by atoms with Gasteiger partial charge in [-0.15, -0.1) is 0 Å². The van der Waals surface area contributed by atoms with E-state index in [-0.39, 0.29) is 5.91 Å². The molecule has 1 aromatic heterocycles. The summed E-state index contributed by atoms with van der Waals surface area (Å²) in [5.74, 6) is 1.31. The van der Waals surface area contributed by atoms with Crippen molar-refractivity contribution in [2.24, 2.45) is 5.92 Å². The zero-order valence-corrected chi connectivity index (χ0v) is 18.8. The van der Waals surface area contributed by atoms with Gasteiger partial charge in [-0.3, -0.25) is 4.79 Å². The Kier molecular flexibility index (Phi) is 7.91. The highest BCUT2D eigenvalue weighted by Gasteiger charge is 2.27. The molecule has 0 N–H and O–H groups in total. The van der Waals surface area contributed by atoms with Crippen LogP contribution in [0.5, 0.6) is 0 Å². The molecule has 0 unspecified atom stereocenters. The third kappa shape index (κ3) is 5.63. The van der Waals surface area contributed by atoms with Crippen LogP contribution in [0.15, 0.2) is 28.8 Å². The molecule has 0 saturated carbocycles. The molecule has 6 nitrogen and oxygen atoms in total. The van der Waals surface area contributed by atoms with Crippen LogP contribution in [-0.4, -0.2) is 49.3 Å². The summed E-state index contributed by atoms with van der Waals surface area (Å²) in [4.78, 5) is 17.2. The van der Waals surface area contributed by atoms with Crippen LogP contribution in [0, 0.1) is 12.8 Å². The molecule has 30 heavy (non-hydrogen) atoms. The Morgan fingerprint density at radius 1 is 1.30 bits per heavy atom. The van der Waals surface area contributed by atoms with E-state index < -0.39 is 0 Å². The van der Waals surface area contributed by atoms with Gasteiger partial charge in [0, 0.05) is 45.3 Å². The van der Waals surface area contributed by atoms with Crippen molar-refractivity contribution in [2.75, 3.05) is 38.3 Å². The van der Waals surface area contributed by atoms with E-state index in [0.29, 0.717) is 32.0 Å². The first-order chi connectivity index (χ1) is 14.5. The Balaban J connectivity index is 1.94. The predicted octanol–water partition coefficient (Wildman–Crippen LogP) is 4.66. The van der Waals surface area contributed by atoms with Crippen LogP contribution in [0.25, 0.3) is 11.3 Å². The number of anilines is 1. The summed E-state index contributed by atoms with van der Waals surface area (Å²) in [5.41, 5.74) is 4.07. The first-order valence-electron chi connectivity index (χ1n) is 11.1. The first kappa shape index (κ1) is 22.3. The van der Waals surface area contributed by atoms with Gasteiger partial charge in [-0.2, -0.15) is 0 Å². The summed E-state index contributed by atoms with van der Waals surface area (Å²) >= 11 is 0. The summed E-state index contributed by atoms with van der Waals surface area (Å²) in [6.45, 7) is 9.99. The van der Waals surface area contributed by atoms with Crippen LogP contribution in [0.4, 0.5) is 5.88 Å². The van der Waals surface area contributed by atoms with Crippen LogP contribution >= 0.6 is 0 Å². The van der Waals surface area contributed by atoms with E-state index in [1.54, 1.807) is 7.11 Å². The van der Waals surface area contributed by atoms with Gasteiger partial charge >= 0.3 is 0 Å². The lowest BCUT2D eigenvalue weighted by molar-refractivity contribution is -0.132. The van der Waals surface area contributed by atoms with Crippen molar-refractivity contribution in [3.8, 4) is 11.3 Å². The molecule has 6 heteroatoms. The monoisotopic (exact) mass is 413 g/mol. The van der Waals surface area contributed by atoms with E-state index in [2.05, 4.69) is 49.0 Å². The van der Waals surface area contributed by atoms with E-state index in [1.165, 1.54) is 5.56 Å². The Hall–Kier alpha value is -2.34. The van der Waals surface area contributed by atoms with Crippen molar-refractivity contribution in [3.63, 3.8) is 0 Å². The van der Waals surface area contributed by atoms with Crippen LogP contribution in [0.2, 0.25) is 0 Å². The summed E-state index contributed by atoms with van der Waals surface area (Å²) in [6, 6.07) is 8.31. The topological polar surface area (TPSA) is 58.8 Å². The number of rotatable bonds is 10.